The van der Waals surface area contributed by atoms with E-state index in [-0.39, 0.29) is 18.4 Å². The van der Waals surface area contributed by atoms with Gasteiger partial charge in [0.25, 0.3) is 11.8 Å². The molecule has 4 rings (SSSR count). The highest BCUT2D eigenvalue weighted by molar-refractivity contribution is 7.11. The summed E-state index contributed by atoms with van der Waals surface area (Å²) in [4.78, 5) is 32.4. The van der Waals surface area contributed by atoms with Crippen LogP contribution in [0, 0.1) is 0 Å². The lowest BCUT2D eigenvalue weighted by Crippen LogP contribution is -2.32. The first-order valence-corrected chi connectivity index (χ1v) is 9.94. The Labute approximate surface area is 167 Å². The zero-order valence-corrected chi connectivity index (χ0v) is 16.2. The highest BCUT2D eigenvalue weighted by Gasteiger charge is 2.39. The first-order chi connectivity index (χ1) is 13.7. The van der Waals surface area contributed by atoms with Gasteiger partial charge in [-0.1, -0.05) is 31.2 Å². The minimum Gasteiger partial charge on any atom is -0.350 e. The van der Waals surface area contributed by atoms with Gasteiger partial charge in [-0.3, -0.25) is 19.5 Å². The summed E-state index contributed by atoms with van der Waals surface area (Å²) in [5.74, 6) is -0.610. The number of carbonyl (C=O) groups excluding carboxylic acids is 2. The summed E-state index contributed by atoms with van der Waals surface area (Å²) in [6.07, 6.45) is 4.28. The maximum absolute atomic E-state index is 13.1. The molecular weight excluding hydrogens is 370 g/mol. The molecule has 1 aliphatic heterocycles. The summed E-state index contributed by atoms with van der Waals surface area (Å²) >= 11 is 1.44. The van der Waals surface area contributed by atoms with Crippen molar-refractivity contribution in [1.29, 1.82) is 0 Å². The third-order valence-electron chi connectivity index (χ3n) is 4.63. The molecule has 0 aliphatic carbocycles. The van der Waals surface area contributed by atoms with Crippen molar-refractivity contribution in [2.75, 3.05) is 5.32 Å². The van der Waals surface area contributed by atoms with Gasteiger partial charge in [0.15, 0.2) is 0 Å². The average Bonchev–Trinajstić information content (AvgIpc) is 3.33. The Hall–Kier alpha value is -3.25. The number of aryl methyl sites for hydroxylation is 1. The molecule has 5 nitrogen and oxygen atoms in total. The number of nitrogens with zero attached hydrogens (tertiary/aromatic N) is 2. The molecule has 0 radical (unpaired) electrons. The topological polar surface area (TPSA) is 62.3 Å². The van der Waals surface area contributed by atoms with Gasteiger partial charge in [0.2, 0.25) is 0 Å². The van der Waals surface area contributed by atoms with Crippen LogP contribution in [0.5, 0.6) is 0 Å². The van der Waals surface area contributed by atoms with Crippen LogP contribution in [-0.4, -0.2) is 21.7 Å². The van der Waals surface area contributed by atoms with E-state index in [9.17, 15) is 9.59 Å². The van der Waals surface area contributed by atoms with Crippen molar-refractivity contribution in [1.82, 2.24) is 9.88 Å². The van der Waals surface area contributed by atoms with Gasteiger partial charge in [-0.2, -0.15) is 0 Å². The molecule has 0 spiro atoms. The molecule has 2 aromatic heterocycles. The maximum Gasteiger partial charge on any atom is 0.278 e. The van der Waals surface area contributed by atoms with Crippen molar-refractivity contribution in [3.8, 4) is 0 Å². The number of thiophene rings is 1. The van der Waals surface area contributed by atoms with Crippen LogP contribution in [0.3, 0.4) is 0 Å². The number of imide groups is 1. The van der Waals surface area contributed by atoms with Crippen molar-refractivity contribution in [3.05, 3.63) is 88.0 Å². The number of aromatic nitrogens is 1. The molecule has 2 amide bonds. The number of hydrogen-bond donors (Lipinski definition) is 1. The Morgan fingerprint density at radius 2 is 1.82 bits per heavy atom. The van der Waals surface area contributed by atoms with E-state index >= 15 is 0 Å². The predicted octanol–water partition coefficient (Wildman–Crippen LogP) is 4.10. The Bertz CT molecular complexity index is 1030. The molecule has 140 valence electrons. The Morgan fingerprint density at radius 3 is 2.46 bits per heavy atom. The first-order valence-electron chi connectivity index (χ1n) is 9.06. The number of amides is 2. The number of benzene rings is 1. The molecule has 0 unspecified atom stereocenters. The zero-order chi connectivity index (χ0) is 19.5. The number of hydrogen-bond acceptors (Lipinski definition) is 5. The van der Waals surface area contributed by atoms with Crippen LogP contribution >= 0.6 is 11.3 Å². The quantitative estimate of drug-likeness (QED) is 0.645. The maximum atomic E-state index is 13.1. The van der Waals surface area contributed by atoms with E-state index in [2.05, 4.69) is 17.2 Å². The molecule has 0 saturated heterocycles. The fourth-order valence-corrected chi connectivity index (χ4v) is 3.90. The van der Waals surface area contributed by atoms with Crippen LogP contribution < -0.4 is 5.32 Å². The molecule has 3 aromatic rings. The smallest absolute Gasteiger partial charge is 0.278 e. The van der Waals surface area contributed by atoms with Gasteiger partial charge in [-0.15, -0.1) is 11.3 Å². The normalized spacial score (nSPS) is 14.1. The van der Waals surface area contributed by atoms with Crippen LogP contribution in [0.4, 0.5) is 5.69 Å². The molecule has 6 heteroatoms. The summed E-state index contributed by atoms with van der Waals surface area (Å²) < 4.78 is 0. The van der Waals surface area contributed by atoms with Crippen molar-refractivity contribution in [2.45, 2.75) is 19.9 Å². The lowest BCUT2D eigenvalue weighted by atomic mass is 10.1. The molecule has 28 heavy (non-hydrogen) atoms. The Balaban J connectivity index is 1.68. The van der Waals surface area contributed by atoms with Gasteiger partial charge < -0.3 is 5.32 Å². The second-order valence-corrected chi connectivity index (χ2v) is 7.41. The first kappa shape index (κ1) is 18.1. The summed E-state index contributed by atoms with van der Waals surface area (Å²) in [7, 11) is 0. The largest absolute Gasteiger partial charge is 0.350 e. The van der Waals surface area contributed by atoms with Crippen molar-refractivity contribution in [3.63, 3.8) is 0 Å². The van der Waals surface area contributed by atoms with E-state index in [1.165, 1.54) is 21.8 Å². The van der Waals surface area contributed by atoms with Crippen LogP contribution in [0.25, 0.3) is 5.57 Å². The summed E-state index contributed by atoms with van der Waals surface area (Å²) in [5.41, 5.74) is 3.54. The number of nitrogens with one attached hydrogen (secondary N) is 1. The molecule has 1 aromatic carbocycles. The molecule has 0 atom stereocenters. The molecule has 1 aliphatic rings. The monoisotopic (exact) mass is 389 g/mol. The number of anilines is 1. The minimum absolute atomic E-state index is 0.195. The van der Waals surface area contributed by atoms with E-state index in [1.54, 1.807) is 18.5 Å². The molecular formula is C22H19N3O2S. The average molecular weight is 389 g/mol. The Kier molecular flexibility index (Phi) is 5.04. The van der Waals surface area contributed by atoms with E-state index < -0.39 is 0 Å². The SMILES string of the molecule is CCc1ccc(NC2=C(c3cccs3)C(=O)N(Cc3cccnc3)C2=O)cc1. The van der Waals surface area contributed by atoms with Crippen LogP contribution in [0.15, 0.2) is 72.0 Å². The molecule has 3 heterocycles. The van der Waals surface area contributed by atoms with Gasteiger partial charge in [0, 0.05) is 23.0 Å². The van der Waals surface area contributed by atoms with Gasteiger partial charge in [0.1, 0.15) is 5.70 Å². The van der Waals surface area contributed by atoms with Gasteiger partial charge >= 0.3 is 0 Å². The second-order valence-electron chi connectivity index (χ2n) is 6.46. The molecule has 0 fully saturated rings. The predicted molar refractivity (Wildman–Crippen MR) is 110 cm³/mol. The highest BCUT2D eigenvalue weighted by atomic mass is 32.1. The summed E-state index contributed by atoms with van der Waals surface area (Å²) in [6, 6.07) is 15.3. The van der Waals surface area contributed by atoms with Crippen molar-refractivity contribution in [2.24, 2.45) is 0 Å². The van der Waals surface area contributed by atoms with Gasteiger partial charge in [0.05, 0.1) is 12.1 Å². The fourth-order valence-electron chi connectivity index (χ4n) is 3.13. The van der Waals surface area contributed by atoms with E-state index in [1.807, 2.05) is 47.8 Å². The fraction of sp³-hybridized carbons (Fsp3) is 0.136. The van der Waals surface area contributed by atoms with Crippen molar-refractivity contribution < 1.29 is 9.59 Å². The molecule has 0 bridgehead atoms. The number of carbonyl (C=O) groups is 2. The third kappa shape index (κ3) is 3.46. The molecule has 1 N–H and O–H groups in total. The highest BCUT2D eigenvalue weighted by Crippen LogP contribution is 2.33. The lowest BCUT2D eigenvalue weighted by Gasteiger charge is -2.15. The van der Waals surface area contributed by atoms with E-state index in [0.29, 0.717) is 11.3 Å². The van der Waals surface area contributed by atoms with Crippen LogP contribution in [0.1, 0.15) is 22.9 Å². The lowest BCUT2D eigenvalue weighted by molar-refractivity contribution is -0.137. The van der Waals surface area contributed by atoms with Gasteiger partial charge in [-0.25, -0.2) is 0 Å². The van der Waals surface area contributed by atoms with Crippen molar-refractivity contribution >= 4 is 34.4 Å². The number of pyridine rings is 1. The second kappa shape index (κ2) is 7.78. The van der Waals surface area contributed by atoms with Crippen LogP contribution in [-0.2, 0) is 22.6 Å². The standard InChI is InChI=1S/C22H19N3O2S/c1-2-15-7-9-17(10-8-15)24-20-19(18-6-4-12-28-18)21(26)25(22(20)27)14-16-5-3-11-23-13-16/h3-13,24H,2,14H2,1H3. The number of rotatable bonds is 6. The molecule has 0 saturated carbocycles. The van der Waals surface area contributed by atoms with E-state index in [4.69, 9.17) is 0 Å². The van der Waals surface area contributed by atoms with Crippen LogP contribution in [0.2, 0.25) is 0 Å². The zero-order valence-electron chi connectivity index (χ0n) is 15.4. The summed E-state index contributed by atoms with van der Waals surface area (Å²) in [6.45, 7) is 2.29. The third-order valence-corrected chi connectivity index (χ3v) is 5.52. The Morgan fingerprint density at radius 1 is 1.00 bits per heavy atom. The van der Waals surface area contributed by atoms with E-state index in [0.717, 1.165) is 22.5 Å². The summed E-state index contributed by atoms with van der Waals surface area (Å²) in [5, 5.41) is 5.09. The van der Waals surface area contributed by atoms with Gasteiger partial charge in [-0.05, 0) is 47.2 Å². The minimum atomic E-state index is -0.322.